The highest BCUT2D eigenvalue weighted by atomic mass is 35.5. The van der Waals surface area contributed by atoms with Gasteiger partial charge in [0.05, 0.1) is 31.5 Å². The molecule has 0 saturated carbocycles. The van der Waals surface area contributed by atoms with Gasteiger partial charge in [0, 0.05) is 0 Å². The maximum atomic E-state index is 6.00. The summed E-state index contributed by atoms with van der Waals surface area (Å²) in [7, 11) is 0. The van der Waals surface area contributed by atoms with Gasteiger partial charge in [0.1, 0.15) is 11.4 Å². The van der Waals surface area contributed by atoms with Crippen LogP contribution in [0.1, 0.15) is 0 Å². The number of halogens is 4. The molecular weight excluding hydrogens is 422 g/mol. The number of nitrogens with one attached hydrogen (secondary N) is 2. The second-order valence-electron chi connectivity index (χ2n) is 4.71. The Bertz CT molecular complexity index is 877. The standard InChI is InChI=1S/C14H8Cl4N8/c15-7-1-11-12(2-8(7)16)24-20-6-22-26-14-4-10(18)9(17)3-13(14)25-21-5-19-23-11/h1-6,23,26H/b19-5-,22-6-,24-20?,25-21?. The van der Waals surface area contributed by atoms with Gasteiger partial charge in [-0.25, -0.2) is 0 Å². The number of benzene rings is 2. The minimum Gasteiger partial charge on any atom is -0.275 e. The summed E-state index contributed by atoms with van der Waals surface area (Å²) < 4.78 is 0. The lowest BCUT2D eigenvalue weighted by molar-refractivity contribution is 1.21. The van der Waals surface area contributed by atoms with E-state index in [1.54, 1.807) is 12.1 Å². The number of anilines is 2. The van der Waals surface area contributed by atoms with Gasteiger partial charge in [-0.2, -0.15) is 10.2 Å². The van der Waals surface area contributed by atoms with E-state index in [9.17, 15) is 0 Å². The highest BCUT2D eigenvalue weighted by Gasteiger charge is 2.08. The van der Waals surface area contributed by atoms with Gasteiger partial charge in [-0.05, 0) is 24.3 Å². The number of rotatable bonds is 0. The molecule has 0 saturated heterocycles. The van der Waals surface area contributed by atoms with Crippen LogP contribution in [0.25, 0.3) is 0 Å². The summed E-state index contributed by atoms with van der Waals surface area (Å²) in [5, 5.41) is 24.9. The number of azo groups is 2. The zero-order valence-corrected chi connectivity index (χ0v) is 15.7. The first kappa shape index (κ1) is 18.5. The van der Waals surface area contributed by atoms with Crippen LogP contribution in [0.2, 0.25) is 20.1 Å². The topological polar surface area (TPSA) is 98.2 Å². The van der Waals surface area contributed by atoms with Crippen molar-refractivity contribution in [3.05, 3.63) is 44.4 Å². The molecule has 12 heteroatoms. The van der Waals surface area contributed by atoms with Crippen LogP contribution in [0, 0.1) is 0 Å². The van der Waals surface area contributed by atoms with Crippen molar-refractivity contribution >= 4 is 81.8 Å². The van der Waals surface area contributed by atoms with Crippen molar-refractivity contribution in [2.24, 2.45) is 30.7 Å². The van der Waals surface area contributed by atoms with Gasteiger partial charge in [-0.3, -0.25) is 10.9 Å². The molecule has 0 unspecified atom stereocenters. The normalized spacial score (nSPS) is 15.8. The molecule has 2 aromatic rings. The average molecular weight is 430 g/mol. The van der Waals surface area contributed by atoms with Crippen molar-refractivity contribution in [1.82, 2.24) is 0 Å². The molecule has 2 N–H and O–H groups in total. The highest BCUT2D eigenvalue weighted by molar-refractivity contribution is 6.43. The summed E-state index contributed by atoms with van der Waals surface area (Å²) in [4.78, 5) is 0. The lowest BCUT2D eigenvalue weighted by atomic mass is 10.3. The van der Waals surface area contributed by atoms with Crippen LogP contribution in [0.15, 0.2) is 54.9 Å². The summed E-state index contributed by atoms with van der Waals surface area (Å²) >= 11 is 24.0. The fourth-order valence-electron chi connectivity index (χ4n) is 1.84. The Kier molecular flexibility index (Phi) is 6.00. The number of hydrogen-bond donors (Lipinski definition) is 2. The van der Waals surface area contributed by atoms with Gasteiger partial charge >= 0.3 is 0 Å². The Labute approximate surface area is 167 Å². The molecule has 0 bridgehead atoms. The van der Waals surface area contributed by atoms with E-state index >= 15 is 0 Å². The second-order valence-corrected chi connectivity index (χ2v) is 6.34. The Morgan fingerprint density at radius 3 is 1.38 bits per heavy atom. The fourth-order valence-corrected chi connectivity index (χ4v) is 2.48. The lowest BCUT2D eigenvalue weighted by Crippen LogP contribution is -1.91. The van der Waals surface area contributed by atoms with Crippen LogP contribution >= 0.6 is 46.4 Å². The Hall–Kier alpha value is -2.26. The molecule has 0 atom stereocenters. The van der Waals surface area contributed by atoms with E-state index in [1.807, 2.05) is 0 Å². The maximum Gasteiger partial charge on any atom is 0.158 e. The average Bonchev–Trinajstić information content (AvgIpc) is 2.61. The van der Waals surface area contributed by atoms with E-state index in [0.717, 1.165) is 0 Å². The molecule has 0 radical (unpaired) electrons. The lowest BCUT2D eigenvalue weighted by Gasteiger charge is -2.07. The summed E-state index contributed by atoms with van der Waals surface area (Å²) in [6, 6.07) is 6.20. The molecule has 0 aliphatic carbocycles. The van der Waals surface area contributed by atoms with Gasteiger partial charge in [-0.1, -0.05) is 46.4 Å². The molecule has 1 aliphatic heterocycles. The van der Waals surface area contributed by atoms with E-state index in [1.165, 1.54) is 24.8 Å². The van der Waals surface area contributed by atoms with Crippen LogP contribution in [0.5, 0.6) is 0 Å². The number of fused-ring (bicyclic) bond motifs is 2. The smallest absolute Gasteiger partial charge is 0.158 e. The molecule has 1 heterocycles. The third kappa shape index (κ3) is 4.47. The van der Waals surface area contributed by atoms with Crippen molar-refractivity contribution in [3.63, 3.8) is 0 Å². The van der Waals surface area contributed by atoms with E-state index in [4.69, 9.17) is 46.4 Å². The fraction of sp³-hybridized carbons (Fsp3) is 0. The highest BCUT2D eigenvalue weighted by Crippen LogP contribution is 2.36. The Morgan fingerprint density at radius 2 is 0.962 bits per heavy atom. The van der Waals surface area contributed by atoms with Crippen LogP contribution < -0.4 is 10.9 Å². The molecule has 0 spiro atoms. The minimum absolute atomic E-state index is 0.325. The Morgan fingerprint density at radius 1 is 0.577 bits per heavy atom. The first-order valence-electron chi connectivity index (χ1n) is 6.89. The van der Waals surface area contributed by atoms with E-state index in [-0.39, 0.29) is 0 Å². The first-order valence-corrected chi connectivity index (χ1v) is 8.40. The third-order valence-corrected chi connectivity index (χ3v) is 4.44. The van der Waals surface area contributed by atoms with Crippen molar-refractivity contribution in [1.29, 1.82) is 0 Å². The van der Waals surface area contributed by atoms with Crippen LogP contribution in [0.3, 0.4) is 0 Å². The van der Waals surface area contributed by atoms with Gasteiger partial charge < -0.3 is 0 Å². The van der Waals surface area contributed by atoms with E-state index < -0.39 is 0 Å². The second kappa shape index (κ2) is 8.41. The zero-order valence-electron chi connectivity index (χ0n) is 12.7. The van der Waals surface area contributed by atoms with Gasteiger partial charge in [0.2, 0.25) is 0 Å². The summed E-state index contributed by atoms with van der Waals surface area (Å²) in [5.41, 5.74) is 7.25. The molecule has 1 aliphatic rings. The molecule has 8 nitrogen and oxygen atoms in total. The predicted molar refractivity (Wildman–Crippen MR) is 106 cm³/mol. The summed E-state index contributed by atoms with van der Waals surface area (Å²) in [6.45, 7) is 0. The molecule has 0 fully saturated rings. The van der Waals surface area contributed by atoms with E-state index in [2.05, 4.69) is 41.5 Å². The van der Waals surface area contributed by atoms with Crippen molar-refractivity contribution in [2.75, 3.05) is 10.9 Å². The summed E-state index contributed by atoms with van der Waals surface area (Å²) in [5.74, 6) is 0. The number of nitrogens with zero attached hydrogens (tertiary/aromatic N) is 6. The Balaban J connectivity index is 1.98. The third-order valence-electron chi connectivity index (χ3n) is 3.00. The molecule has 2 aromatic carbocycles. The van der Waals surface area contributed by atoms with Crippen LogP contribution in [-0.2, 0) is 0 Å². The number of hydrazone groups is 2. The monoisotopic (exact) mass is 428 g/mol. The molecule has 0 aromatic heterocycles. The first-order chi connectivity index (χ1) is 12.5. The van der Waals surface area contributed by atoms with Crippen molar-refractivity contribution in [2.45, 2.75) is 0 Å². The summed E-state index contributed by atoms with van der Waals surface area (Å²) in [6.07, 6.45) is 2.40. The minimum atomic E-state index is 0.325. The van der Waals surface area contributed by atoms with Crippen molar-refractivity contribution in [3.8, 4) is 0 Å². The van der Waals surface area contributed by atoms with Crippen LogP contribution in [-0.4, -0.2) is 12.7 Å². The predicted octanol–water partition coefficient (Wildman–Crippen LogP) is 6.89. The SMILES string of the molecule is Clc1cc2c(cc1Cl)N/N=C\N=Nc1cc(Cl)c(Cl)cc1N/N=C\N=N2. The molecule has 3 rings (SSSR count). The molecule has 0 amide bonds. The number of hydrogen-bond acceptors (Lipinski definition) is 8. The molecular formula is C14H8Cl4N8. The van der Waals surface area contributed by atoms with Crippen LogP contribution in [0.4, 0.5) is 22.7 Å². The largest absolute Gasteiger partial charge is 0.275 e. The van der Waals surface area contributed by atoms with Crippen molar-refractivity contribution < 1.29 is 0 Å². The quantitative estimate of drug-likeness (QED) is 0.476. The van der Waals surface area contributed by atoms with E-state index in [0.29, 0.717) is 42.8 Å². The van der Waals surface area contributed by atoms with Gasteiger partial charge in [-0.15, -0.1) is 20.5 Å². The van der Waals surface area contributed by atoms with Gasteiger partial charge in [0.25, 0.3) is 0 Å². The molecule has 26 heavy (non-hydrogen) atoms. The van der Waals surface area contributed by atoms with Gasteiger partial charge in [0.15, 0.2) is 12.7 Å². The zero-order chi connectivity index (χ0) is 18.5. The molecule has 132 valence electrons. The maximum absolute atomic E-state index is 6.00.